The molecule has 0 saturated heterocycles. The first-order valence-electron chi connectivity index (χ1n) is 7.28. The molecule has 0 atom stereocenters. The summed E-state index contributed by atoms with van der Waals surface area (Å²) in [5.74, 6) is -0.479. The summed E-state index contributed by atoms with van der Waals surface area (Å²) in [5.41, 5.74) is 1.63. The van der Waals surface area contributed by atoms with Crippen molar-refractivity contribution in [3.05, 3.63) is 45.0 Å². The average Bonchev–Trinajstić information content (AvgIpc) is 2.97. The minimum atomic E-state index is -1.12. The number of hydrogen-bond donors (Lipinski definition) is 1. The van der Waals surface area contributed by atoms with Crippen molar-refractivity contribution in [3.63, 3.8) is 0 Å². The first-order chi connectivity index (χ1) is 11.8. The van der Waals surface area contributed by atoms with Crippen LogP contribution in [0.2, 0.25) is 10.0 Å². The number of rotatable bonds is 4. The molecule has 0 fully saturated rings. The second-order valence-corrected chi connectivity index (χ2v) is 6.25. The summed E-state index contributed by atoms with van der Waals surface area (Å²) in [4.78, 5) is 20.0. The van der Waals surface area contributed by atoms with E-state index in [1.807, 2.05) is 0 Å². The van der Waals surface area contributed by atoms with E-state index < -0.39 is 5.97 Å². The number of benzene rings is 1. The largest absolute Gasteiger partial charge is 0.480 e. The van der Waals surface area contributed by atoms with Crippen molar-refractivity contribution in [1.29, 1.82) is 0 Å². The number of nitrogens with zero attached hydrogens (tertiary/aromatic N) is 4. The van der Waals surface area contributed by atoms with E-state index in [4.69, 9.17) is 27.9 Å². The van der Waals surface area contributed by atoms with E-state index in [0.29, 0.717) is 44.4 Å². The van der Waals surface area contributed by atoms with Crippen molar-refractivity contribution in [1.82, 2.24) is 19.7 Å². The van der Waals surface area contributed by atoms with Gasteiger partial charge in [-0.05, 0) is 25.5 Å². The van der Waals surface area contributed by atoms with Crippen molar-refractivity contribution >= 4 is 40.1 Å². The Morgan fingerprint density at radius 1 is 1.36 bits per heavy atom. The number of hydrogen-bond acceptors (Lipinski definition) is 5. The van der Waals surface area contributed by atoms with Crippen LogP contribution < -0.4 is 4.74 Å². The molecule has 7 nitrogen and oxygen atoms in total. The first kappa shape index (κ1) is 17.4. The highest BCUT2D eigenvalue weighted by Crippen LogP contribution is 2.37. The molecule has 25 heavy (non-hydrogen) atoms. The monoisotopic (exact) mass is 380 g/mol. The second-order valence-electron chi connectivity index (χ2n) is 5.46. The van der Waals surface area contributed by atoms with Gasteiger partial charge in [-0.15, -0.1) is 0 Å². The molecule has 1 N–H and O–H groups in total. The van der Waals surface area contributed by atoms with E-state index in [0.717, 1.165) is 0 Å². The van der Waals surface area contributed by atoms with Crippen molar-refractivity contribution in [2.45, 2.75) is 20.4 Å². The maximum Gasteiger partial charge on any atom is 0.341 e. The van der Waals surface area contributed by atoms with Crippen molar-refractivity contribution in [2.24, 2.45) is 0 Å². The molecule has 2 heterocycles. The molecular formula is C16H14Cl2N4O3. The molecule has 3 aromatic rings. The van der Waals surface area contributed by atoms with Crippen LogP contribution in [0.25, 0.3) is 10.9 Å². The van der Waals surface area contributed by atoms with Crippen LogP contribution in [0.5, 0.6) is 5.88 Å². The van der Waals surface area contributed by atoms with Gasteiger partial charge in [-0.25, -0.2) is 19.4 Å². The number of carboxylic acid groups (broad SMARTS) is 1. The lowest BCUT2D eigenvalue weighted by Crippen LogP contribution is -2.09. The lowest BCUT2D eigenvalue weighted by molar-refractivity contribution is 0.0692. The van der Waals surface area contributed by atoms with Crippen molar-refractivity contribution in [3.8, 4) is 5.88 Å². The third-order valence-corrected chi connectivity index (χ3v) is 4.70. The minimum absolute atomic E-state index is 0.00376. The highest BCUT2D eigenvalue weighted by atomic mass is 35.5. The van der Waals surface area contributed by atoms with E-state index in [1.54, 1.807) is 30.9 Å². The number of fused-ring (bicyclic) bond motifs is 1. The third-order valence-electron chi connectivity index (χ3n) is 3.87. The number of pyridine rings is 1. The molecule has 9 heteroatoms. The molecule has 3 rings (SSSR count). The zero-order valence-electron chi connectivity index (χ0n) is 13.7. The Bertz CT molecular complexity index is 1000. The van der Waals surface area contributed by atoms with E-state index in [2.05, 4.69) is 15.1 Å². The molecule has 0 saturated carbocycles. The quantitative estimate of drug-likeness (QED) is 0.744. The van der Waals surface area contributed by atoms with E-state index >= 15 is 0 Å². The minimum Gasteiger partial charge on any atom is -0.480 e. The smallest absolute Gasteiger partial charge is 0.341 e. The molecule has 0 aliphatic carbocycles. The van der Waals surface area contributed by atoms with Crippen LogP contribution in [0.1, 0.15) is 27.3 Å². The van der Waals surface area contributed by atoms with Gasteiger partial charge in [0.25, 0.3) is 0 Å². The zero-order chi connectivity index (χ0) is 18.3. The topological polar surface area (TPSA) is 90.1 Å². The van der Waals surface area contributed by atoms with Gasteiger partial charge in [0.15, 0.2) is 0 Å². The molecule has 0 aliphatic rings. The molecule has 0 spiro atoms. The lowest BCUT2D eigenvalue weighted by Gasteiger charge is -2.15. The molecule has 0 bridgehead atoms. The van der Waals surface area contributed by atoms with E-state index in [9.17, 15) is 9.90 Å². The van der Waals surface area contributed by atoms with Crippen molar-refractivity contribution in [2.75, 3.05) is 7.11 Å². The van der Waals surface area contributed by atoms with Gasteiger partial charge in [0.05, 0.1) is 29.2 Å². The van der Waals surface area contributed by atoms with Gasteiger partial charge in [-0.2, -0.15) is 5.10 Å². The normalized spacial score (nSPS) is 11.1. The van der Waals surface area contributed by atoms with E-state index in [-0.39, 0.29) is 11.4 Å². The Morgan fingerprint density at radius 2 is 2.08 bits per heavy atom. The summed E-state index contributed by atoms with van der Waals surface area (Å²) in [6, 6.07) is 1.61. The van der Waals surface area contributed by atoms with Crippen molar-refractivity contribution < 1.29 is 14.6 Å². The Morgan fingerprint density at radius 3 is 2.64 bits per heavy atom. The van der Waals surface area contributed by atoms with Crippen LogP contribution in [0.4, 0.5) is 0 Å². The highest BCUT2D eigenvalue weighted by molar-refractivity contribution is 6.43. The predicted molar refractivity (Wildman–Crippen MR) is 93.9 cm³/mol. The number of halogens is 2. The standard InChI is InChI=1S/C16H14Cl2N4O3/c1-7-9-4-11(17)13(18)10(5-22-6-19-8(2)21-22)14(9)20-15(25-3)12(7)16(23)24/h4,6H,5H2,1-3H3,(H,23,24). The fourth-order valence-corrected chi connectivity index (χ4v) is 3.13. The fraction of sp³-hybridized carbons (Fsp3) is 0.250. The third kappa shape index (κ3) is 3.01. The maximum absolute atomic E-state index is 11.6. The Kier molecular flexibility index (Phi) is 4.53. The molecule has 0 unspecified atom stereocenters. The summed E-state index contributed by atoms with van der Waals surface area (Å²) in [6.07, 6.45) is 1.58. The highest BCUT2D eigenvalue weighted by Gasteiger charge is 2.23. The van der Waals surface area contributed by atoms with Gasteiger partial charge in [0, 0.05) is 10.9 Å². The molecule has 0 amide bonds. The summed E-state index contributed by atoms with van der Waals surface area (Å²) in [6.45, 7) is 3.75. The van der Waals surface area contributed by atoms with E-state index in [1.165, 1.54) is 7.11 Å². The predicted octanol–water partition coefficient (Wildman–Crippen LogP) is 3.51. The Balaban J connectivity index is 2.33. The van der Waals surface area contributed by atoms with Gasteiger partial charge in [-0.1, -0.05) is 23.2 Å². The lowest BCUT2D eigenvalue weighted by atomic mass is 10.0. The van der Waals surface area contributed by atoms with Crippen LogP contribution in [0.3, 0.4) is 0 Å². The SMILES string of the molecule is COc1nc2c(Cn3cnc(C)n3)c(Cl)c(Cl)cc2c(C)c1C(=O)O. The van der Waals surface area contributed by atoms with Crippen LogP contribution in [-0.4, -0.2) is 37.9 Å². The van der Waals surface area contributed by atoms with Gasteiger partial charge in [0.1, 0.15) is 17.7 Å². The number of carboxylic acids is 1. The van der Waals surface area contributed by atoms with Gasteiger partial charge < -0.3 is 9.84 Å². The zero-order valence-corrected chi connectivity index (χ0v) is 15.2. The number of ether oxygens (including phenoxy) is 1. The van der Waals surface area contributed by atoms with Crippen LogP contribution >= 0.6 is 23.2 Å². The number of carbonyl (C=O) groups is 1. The molecular weight excluding hydrogens is 367 g/mol. The van der Waals surface area contributed by atoms with Gasteiger partial charge >= 0.3 is 5.97 Å². The summed E-state index contributed by atoms with van der Waals surface area (Å²) < 4.78 is 6.78. The molecule has 0 aliphatic heterocycles. The molecule has 2 aromatic heterocycles. The van der Waals surface area contributed by atoms with Crippen LogP contribution in [-0.2, 0) is 6.54 Å². The van der Waals surface area contributed by atoms with Crippen LogP contribution in [0, 0.1) is 13.8 Å². The van der Waals surface area contributed by atoms with Gasteiger partial charge in [-0.3, -0.25) is 0 Å². The number of aromatic carboxylic acids is 1. The Labute approximate surface area is 153 Å². The molecule has 1 aromatic carbocycles. The summed E-state index contributed by atoms with van der Waals surface area (Å²) in [5, 5.41) is 15.0. The maximum atomic E-state index is 11.6. The number of methoxy groups -OCH3 is 1. The number of aryl methyl sites for hydroxylation is 2. The van der Waals surface area contributed by atoms with Crippen LogP contribution in [0.15, 0.2) is 12.4 Å². The average molecular weight is 381 g/mol. The van der Waals surface area contributed by atoms with Gasteiger partial charge in [0.2, 0.25) is 5.88 Å². The summed E-state index contributed by atoms with van der Waals surface area (Å²) in [7, 11) is 1.37. The molecule has 0 radical (unpaired) electrons. The fourth-order valence-electron chi connectivity index (χ4n) is 2.70. The first-order valence-corrected chi connectivity index (χ1v) is 8.03. The Hall–Kier alpha value is -2.38. The second kappa shape index (κ2) is 6.50. The molecule has 130 valence electrons. The summed E-state index contributed by atoms with van der Waals surface area (Å²) >= 11 is 12.6. The number of aromatic nitrogens is 4.